The number of rotatable bonds is 6. The molecule has 0 fully saturated rings. The molecule has 2 aromatic carbocycles. The first-order valence-electron chi connectivity index (χ1n) is 8.16. The summed E-state index contributed by atoms with van der Waals surface area (Å²) in [4.78, 5) is 40.1. The molecule has 2 N–H and O–H groups in total. The standard InChI is InChI=1S/C19H17N3O5/c23-13-7-5-12(6-8-13)9-16(19(26)27)21-17(24)10-22-11-20-15-4-2-1-3-14(15)18(22)25/h1-8,11,16,23H,9-10H2,(H,21,24)(H,26,27)/p-1/t16-/m0/s1. The Balaban J connectivity index is 1.73. The summed E-state index contributed by atoms with van der Waals surface area (Å²) in [6, 6.07) is 11.4. The average Bonchev–Trinajstić information content (AvgIpc) is 2.65. The number of hydrogen-bond acceptors (Lipinski definition) is 6. The van der Waals surface area contributed by atoms with Gasteiger partial charge in [-0.05, 0) is 36.2 Å². The molecule has 1 aromatic heterocycles. The predicted octanol–water partition coefficient (Wildman–Crippen LogP) is -0.421. The van der Waals surface area contributed by atoms with E-state index < -0.39 is 17.9 Å². The number of carboxylic acid groups (broad SMARTS) is 1. The van der Waals surface area contributed by atoms with Gasteiger partial charge in [-0.3, -0.25) is 14.2 Å². The Kier molecular flexibility index (Phi) is 5.16. The number of carbonyl (C=O) groups is 2. The highest BCUT2D eigenvalue weighted by Crippen LogP contribution is 2.11. The molecule has 0 radical (unpaired) electrons. The van der Waals surface area contributed by atoms with E-state index in [1.807, 2.05) is 0 Å². The summed E-state index contributed by atoms with van der Waals surface area (Å²) in [5, 5.41) is 23.3. The van der Waals surface area contributed by atoms with E-state index in [9.17, 15) is 24.6 Å². The molecule has 1 heterocycles. The Labute approximate surface area is 153 Å². The number of aliphatic carboxylic acids is 1. The summed E-state index contributed by atoms with van der Waals surface area (Å²) in [5.74, 6) is -2.04. The van der Waals surface area contributed by atoms with E-state index >= 15 is 0 Å². The second-order valence-corrected chi connectivity index (χ2v) is 6.00. The van der Waals surface area contributed by atoms with Crippen molar-refractivity contribution in [3.63, 3.8) is 0 Å². The molecule has 3 rings (SSSR count). The van der Waals surface area contributed by atoms with Crippen LogP contribution in [0.15, 0.2) is 59.7 Å². The summed E-state index contributed by atoms with van der Waals surface area (Å²) >= 11 is 0. The minimum absolute atomic E-state index is 0.0147. The van der Waals surface area contributed by atoms with Crippen molar-refractivity contribution < 1.29 is 19.8 Å². The molecule has 0 spiro atoms. The van der Waals surface area contributed by atoms with Crippen molar-refractivity contribution in [3.8, 4) is 5.75 Å². The number of nitrogens with one attached hydrogen (secondary N) is 1. The molecule has 0 saturated carbocycles. The van der Waals surface area contributed by atoms with Gasteiger partial charge in [-0.25, -0.2) is 4.98 Å². The van der Waals surface area contributed by atoms with Crippen molar-refractivity contribution in [2.75, 3.05) is 0 Å². The van der Waals surface area contributed by atoms with Crippen molar-refractivity contribution in [2.45, 2.75) is 19.0 Å². The Hall–Kier alpha value is -3.68. The van der Waals surface area contributed by atoms with Crippen molar-refractivity contribution >= 4 is 22.8 Å². The van der Waals surface area contributed by atoms with Gasteiger partial charge in [0.1, 0.15) is 12.3 Å². The molecule has 8 heteroatoms. The molecular formula is C19H16N3O5-. The van der Waals surface area contributed by atoms with E-state index in [2.05, 4.69) is 10.3 Å². The molecule has 1 amide bonds. The number of aromatic hydroxyl groups is 1. The zero-order valence-corrected chi connectivity index (χ0v) is 14.2. The Morgan fingerprint density at radius 1 is 1.15 bits per heavy atom. The maximum absolute atomic E-state index is 12.4. The van der Waals surface area contributed by atoms with Crippen molar-refractivity contribution in [1.82, 2.24) is 14.9 Å². The first-order valence-corrected chi connectivity index (χ1v) is 8.16. The highest BCUT2D eigenvalue weighted by molar-refractivity contribution is 5.83. The number of nitrogens with zero attached hydrogens (tertiary/aromatic N) is 2. The van der Waals surface area contributed by atoms with Gasteiger partial charge in [0.25, 0.3) is 5.56 Å². The first kappa shape index (κ1) is 18.1. The zero-order valence-electron chi connectivity index (χ0n) is 14.2. The van der Waals surface area contributed by atoms with Crippen molar-refractivity contribution in [2.24, 2.45) is 0 Å². The van der Waals surface area contributed by atoms with Crippen LogP contribution < -0.4 is 16.0 Å². The van der Waals surface area contributed by atoms with Gasteiger partial charge in [0.05, 0.1) is 29.2 Å². The highest BCUT2D eigenvalue weighted by Gasteiger charge is 2.16. The lowest BCUT2D eigenvalue weighted by Crippen LogP contribution is -2.50. The topological polar surface area (TPSA) is 124 Å². The molecule has 1 atom stereocenters. The number of fused-ring (bicyclic) bond motifs is 1. The summed E-state index contributed by atoms with van der Waals surface area (Å²) in [6.45, 7) is -0.365. The number of amides is 1. The zero-order chi connectivity index (χ0) is 19.4. The highest BCUT2D eigenvalue weighted by atomic mass is 16.4. The maximum Gasteiger partial charge on any atom is 0.261 e. The lowest BCUT2D eigenvalue weighted by atomic mass is 10.1. The molecule has 27 heavy (non-hydrogen) atoms. The van der Waals surface area contributed by atoms with Gasteiger partial charge in [-0.15, -0.1) is 0 Å². The Morgan fingerprint density at radius 2 is 1.85 bits per heavy atom. The molecule has 0 aliphatic rings. The quantitative estimate of drug-likeness (QED) is 0.610. The minimum Gasteiger partial charge on any atom is -0.548 e. The third-order valence-electron chi connectivity index (χ3n) is 4.04. The number of phenolic OH excluding ortho intramolecular Hbond substituents is 1. The molecule has 0 bridgehead atoms. The monoisotopic (exact) mass is 366 g/mol. The maximum atomic E-state index is 12.4. The van der Waals surface area contributed by atoms with Gasteiger partial charge in [0.2, 0.25) is 5.91 Å². The lowest BCUT2D eigenvalue weighted by molar-refractivity contribution is -0.308. The Bertz CT molecular complexity index is 1040. The van der Waals surface area contributed by atoms with Gasteiger partial charge in [-0.2, -0.15) is 0 Å². The third kappa shape index (κ3) is 4.30. The number of carbonyl (C=O) groups excluding carboxylic acids is 2. The number of benzene rings is 2. The normalized spacial score (nSPS) is 11.9. The largest absolute Gasteiger partial charge is 0.548 e. The number of phenols is 1. The molecule has 0 saturated heterocycles. The molecule has 138 valence electrons. The van der Waals surface area contributed by atoms with E-state index in [1.54, 1.807) is 36.4 Å². The van der Waals surface area contributed by atoms with Crippen LogP contribution in [0.5, 0.6) is 5.75 Å². The van der Waals surface area contributed by atoms with Crippen LogP contribution in [0.3, 0.4) is 0 Å². The average molecular weight is 366 g/mol. The second kappa shape index (κ2) is 7.69. The van der Waals surface area contributed by atoms with Gasteiger partial charge < -0.3 is 20.3 Å². The first-order chi connectivity index (χ1) is 12.9. The van der Waals surface area contributed by atoms with E-state index in [4.69, 9.17) is 0 Å². The second-order valence-electron chi connectivity index (χ2n) is 6.00. The van der Waals surface area contributed by atoms with Gasteiger partial charge in [0.15, 0.2) is 0 Å². The number of carboxylic acids is 1. The number of aromatic nitrogens is 2. The van der Waals surface area contributed by atoms with Crippen LogP contribution in [0.4, 0.5) is 0 Å². The number of hydrogen-bond donors (Lipinski definition) is 2. The molecule has 0 unspecified atom stereocenters. The van der Waals surface area contributed by atoms with Crippen LogP contribution in [0.2, 0.25) is 0 Å². The van der Waals surface area contributed by atoms with Crippen LogP contribution in [0.1, 0.15) is 5.56 Å². The SMILES string of the molecule is O=C(Cn1cnc2ccccc2c1=O)N[C@@H](Cc1ccc(O)cc1)C(=O)[O-]. The van der Waals surface area contributed by atoms with E-state index in [0.717, 1.165) is 4.57 Å². The Morgan fingerprint density at radius 3 is 2.56 bits per heavy atom. The summed E-state index contributed by atoms with van der Waals surface area (Å²) in [7, 11) is 0. The summed E-state index contributed by atoms with van der Waals surface area (Å²) in [5.41, 5.74) is 0.727. The van der Waals surface area contributed by atoms with Crippen LogP contribution in [0.25, 0.3) is 10.9 Å². The van der Waals surface area contributed by atoms with Crippen LogP contribution in [-0.2, 0) is 22.6 Å². The fourth-order valence-electron chi connectivity index (χ4n) is 2.67. The summed E-state index contributed by atoms with van der Waals surface area (Å²) in [6.07, 6.45) is 1.23. The van der Waals surface area contributed by atoms with Crippen molar-refractivity contribution in [1.29, 1.82) is 0 Å². The third-order valence-corrected chi connectivity index (χ3v) is 4.04. The molecule has 0 aliphatic carbocycles. The predicted molar refractivity (Wildman–Crippen MR) is 94.8 cm³/mol. The van der Waals surface area contributed by atoms with Crippen molar-refractivity contribution in [3.05, 3.63) is 70.8 Å². The van der Waals surface area contributed by atoms with E-state index in [0.29, 0.717) is 16.5 Å². The smallest absolute Gasteiger partial charge is 0.261 e. The fourth-order valence-corrected chi connectivity index (χ4v) is 2.67. The molecule has 0 aliphatic heterocycles. The van der Waals surface area contributed by atoms with Crippen LogP contribution in [0, 0.1) is 0 Å². The lowest BCUT2D eigenvalue weighted by Gasteiger charge is -2.20. The van der Waals surface area contributed by atoms with Gasteiger partial charge in [-0.1, -0.05) is 24.3 Å². The van der Waals surface area contributed by atoms with E-state index in [1.165, 1.54) is 18.5 Å². The van der Waals surface area contributed by atoms with Gasteiger partial charge in [0, 0.05) is 0 Å². The molecule has 3 aromatic rings. The number of para-hydroxylation sites is 1. The van der Waals surface area contributed by atoms with Crippen LogP contribution >= 0.6 is 0 Å². The summed E-state index contributed by atoms with van der Waals surface area (Å²) < 4.78 is 1.12. The van der Waals surface area contributed by atoms with Crippen LogP contribution in [-0.4, -0.2) is 32.6 Å². The fraction of sp³-hybridized carbons (Fsp3) is 0.158. The molecule has 8 nitrogen and oxygen atoms in total. The van der Waals surface area contributed by atoms with Gasteiger partial charge >= 0.3 is 0 Å². The molecular weight excluding hydrogens is 350 g/mol. The van der Waals surface area contributed by atoms with E-state index in [-0.39, 0.29) is 24.3 Å². The minimum atomic E-state index is -1.44.